The molecule has 0 aliphatic heterocycles. The zero-order valence-electron chi connectivity index (χ0n) is 19.8. The lowest BCUT2D eigenvalue weighted by Crippen LogP contribution is -2.18. The molecule has 0 saturated heterocycles. The molecule has 2 aromatic rings. The topological polar surface area (TPSA) is 0 Å². The van der Waals surface area contributed by atoms with Crippen molar-refractivity contribution in [1.82, 2.24) is 0 Å². The Balaban J connectivity index is -0.0000000404. The molecule has 0 amide bonds. The molecular weight excluding hydrogens is 592 g/mol. The number of terminal acetylenes is 1. The molecule has 0 saturated carbocycles. The van der Waals surface area contributed by atoms with Gasteiger partial charge in [-0.2, -0.15) is 0 Å². The molecule has 0 bridgehead atoms. The van der Waals surface area contributed by atoms with Crippen molar-refractivity contribution < 1.29 is 31.4 Å². The van der Waals surface area contributed by atoms with Crippen molar-refractivity contribution in [2.45, 2.75) is 12.3 Å². The Kier molecular flexibility index (Phi) is 10.1. The second kappa shape index (κ2) is 14.2. The second-order valence-corrected chi connectivity index (χ2v) is 8.98. The largest absolute Gasteiger partial charge is 0.106 e. The standard InChI is InChI=1S/C36H10Br2.22H2/c1-3-4-5-6-7-8-9-10-11-12-13-14-15-16-17-18-19-20-21-22-27-36(2)34-28-30(37)23-25-32(34)33-26-24-31(38)29-35(33)36;;;;;;;;;;;;;;;;;;;;;;/h1,23-26,28-29H,2H3;22*1H. The van der Waals surface area contributed by atoms with Crippen LogP contribution in [0.4, 0.5) is 0 Å². The fourth-order valence-electron chi connectivity index (χ4n) is 3.33. The van der Waals surface area contributed by atoms with Crippen LogP contribution >= 0.6 is 31.9 Å². The SMILES string of the molecule is C#CC#CC#CC#CC#CC#CC#CC#CC#CC#CC#CC1(C)c2cc(Br)ccc2-c2ccc(Br)cc21.[HH].[HH].[HH].[HH].[HH].[HH].[HH].[HH].[HH].[HH].[HH].[HH].[HH].[HH].[HH].[HH].[HH].[HH].[HH].[HH].[HH].[HH]. The first kappa shape index (κ1) is 27.2. The lowest BCUT2D eigenvalue weighted by molar-refractivity contribution is 0.777. The fourth-order valence-corrected chi connectivity index (χ4v) is 4.06. The Morgan fingerprint density at radius 2 is 0.842 bits per heavy atom. The minimum Gasteiger partial charge on any atom is -0.106 e. The van der Waals surface area contributed by atoms with Crippen LogP contribution in [0.5, 0.6) is 0 Å². The number of halogens is 2. The van der Waals surface area contributed by atoms with Crippen LogP contribution in [0, 0.1) is 131 Å². The molecule has 0 fully saturated rings. The van der Waals surface area contributed by atoms with Gasteiger partial charge in [0, 0.05) is 64.0 Å². The Hall–Kier alpha value is -5.44. The Morgan fingerprint density at radius 3 is 1.18 bits per heavy atom. The Bertz CT molecular complexity index is 2020. The van der Waals surface area contributed by atoms with Crippen LogP contribution in [-0.4, -0.2) is 0 Å². The van der Waals surface area contributed by atoms with Gasteiger partial charge in [0.25, 0.3) is 0 Å². The molecule has 2 aromatic carbocycles. The highest BCUT2D eigenvalue weighted by Crippen LogP contribution is 2.49. The summed E-state index contributed by atoms with van der Waals surface area (Å²) in [5, 5.41) is 0. The van der Waals surface area contributed by atoms with Gasteiger partial charge in [-0.25, -0.2) is 0 Å². The summed E-state index contributed by atoms with van der Waals surface area (Å²) in [6.45, 7) is 2.11. The smallest absolute Gasteiger partial charge is 0.0806 e. The lowest BCUT2D eigenvalue weighted by atomic mass is 9.81. The zero-order valence-corrected chi connectivity index (χ0v) is 23.0. The number of hydrogen-bond acceptors (Lipinski definition) is 0. The molecule has 212 valence electrons. The van der Waals surface area contributed by atoms with E-state index in [1.165, 1.54) is 11.1 Å². The number of hydrogen-bond donors (Lipinski definition) is 0. The summed E-state index contributed by atoms with van der Waals surface area (Å²) in [4.78, 5) is 0. The molecule has 0 N–H and O–H groups in total. The average molecular weight is 647 g/mol. The van der Waals surface area contributed by atoms with Crippen molar-refractivity contribution >= 4 is 31.9 Å². The first-order valence-electron chi connectivity index (χ1n) is 10.6. The normalized spacial score (nSPS) is 9.11. The second-order valence-electron chi connectivity index (χ2n) is 7.15. The van der Waals surface area contributed by atoms with Gasteiger partial charge in [0.05, 0.1) is 5.41 Å². The Morgan fingerprint density at radius 1 is 0.526 bits per heavy atom. The summed E-state index contributed by atoms with van der Waals surface area (Å²) in [6.07, 6.45) is 4.95. The van der Waals surface area contributed by atoms with Crippen LogP contribution < -0.4 is 0 Å². The summed E-state index contributed by atoms with van der Waals surface area (Å²) < 4.78 is 2.01. The van der Waals surface area contributed by atoms with E-state index < -0.39 is 5.41 Å². The number of benzene rings is 2. The molecule has 2 heteroatoms. The van der Waals surface area contributed by atoms with Gasteiger partial charge in [-0.05, 0) is 148 Å². The van der Waals surface area contributed by atoms with Crippen molar-refractivity contribution in [2.75, 3.05) is 0 Å². The molecule has 1 aliphatic carbocycles. The highest BCUT2D eigenvalue weighted by molar-refractivity contribution is 9.10. The van der Waals surface area contributed by atoms with E-state index in [0.29, 0.717) is 0 Å². The molecule has 0 atom stereocenters. The third-order valence-corrected chi connectivity index (χ3v) is 5.83. The maximum absolute atomic E-state index is 4.95. The summed E-state index contributed by atoms with van der Waals surface area (Å²) in [5.41, 5.74) is 4.15. The van der Waals surface area contributed by atoms with E-state index in [1.54, 1.807) is 0 Å². The van der Waals surface area contributed by atoms with Crippen molar-refractivity contribution in [3.63, 3.8) is 0 Å². The highest BCUT2D eigenvalue weighted by atomic mass is 79.9. The zero-order chi connectivity index (χ0) is 27.1. The first-order chi connectivity index (χ1) is 18.6. The van der Waals surface area contributed by atoms with Gasteiger partial charge >= 0.3 is 0 Å². The molecular formula is C36H54Br2. The minimum atomic E-state index is -0.487. The van der Waals surface area contributed by atoms with E-state index in [0.717, 1.165) is 20.1 Å². The van der Waals surface area contributed by atoms with Crippen molar-refractivity contribution in [3.05, 3.63) is 56.5 Å². The van der Waals surface area contributed by atoms with Crippen LogP contribution in [0.15, 0.2) is 45.3 Å². The highest BCUT2D eigenvalue weighted by Gasteiger charge is 2.38. The maximum Gasteiger partial charge on any atom is 0.0806 e. The van der Waals surface area contributed by atoms with Crippen molar-refractivity contribution in [2.24, 2.45) is 0 Å². The van der Waals surface area contributed by atoms with Crippen LogP contribution in [0.2, 0.25) is 0 Å². The summed E-state index contributed by atoms with van der Waals surface area (Å²) in [5.74, 6) is 54.3. The number of fused-ring (bicyclic) bond motifs is 3. The first-order valence-corrected chi connectivity index (χ1v) is 12.2. The van der Waals surface area contributed by atoms with Crippen LogP contribution in [0.3, 0.4) is 0 Å². The van der Waals surface area contributed by atoms with E-state index in [9.17, 15) is 0 Å². The molecule has 0 radical (unpaired) electrons. The van der Waals surface area contributed by atoms with Crippen LogP contribution in [0.25, 0.3) is 11.1 Å². The fraction of sp³-hybridized carbons (Fsp3) is 0.0556. The predicted octanol–water partition coefficient (Wildman–Crippen LogP) is 10.6. The van der Waals surface area contributed by atoms with Crippen molar-refractivity contribution in [1.29, 1.82) is 0 Å². The number of rotatable bonds is 0. The molecule has 38 heavy (non-hydrogen) atoms. The monoisotopic (exact) mass is 644 g/mol. The summed E-state index contributed by atoms with van der Waals surface area (Å²) >= 11 is 7.16. The third-order valence-electron chi connectivity index (χ3n) is 4.84. The van der Waals surface area contributed by atoms with E-state index in [4.69, 9.17) is 6.42 Å². The van der Waals surface area contributed by atoms with Gasteiger partial charge in [0.2, 0.25) is 0 Å². The molecule has 0 aromatic heterocycles. The predicted molar refractivity (Wildman–Crippen MR) is 207 cm³/mol. The minimum absolute atomic E-state index is 0. The third kappa shape index (κ3) is 7.53. The van der Waals surface area contributed by atoms with Gasteiger partial charge in [-0.15, -0.1) is 6.42 Å². The molecule has 0 spiro atoms. The van der Waals surface area contributed by atoms with E-state index in [1.807, 2.05) is 12.1 Å². The van der Waals surface area contributed by atoms with Gasteiger partial charge in [-0.1, -0.05) is 49.9 Å². The molecule has 1 aliphatic rings. The molecule has 3 rings (SSSR count). The van der Waals surface area contributed by atoms with Gasteiger partial charge in [0.1, 0.15) is 0 Å². The molecule has 0 unspecified atom stereocenters. The van der Waals surface area contributed by atoms with Gasteiger partial charge in [-0.3, -0.25) is 0 Å². The van der Waals surface area contributed by atoms with E-state index >= 15 is 0 Å². The van der Waals surface area contributed by atoms with Crippen LogP contribution in [-0.2, 0) is 5.41 Å². The molecule has 0 heterocycles. The Labute approximate surface area is 274 Å². The summed E-state index contributed by atoms with van der Waals surface area (Å²) in [6, 6.07) is 12.5. The average Bonchev–Trinajstić information content (AvgIpc) is 3.14. The van der Waals surface area contributed by atoms with E-state index in [2.05, 4.69) is 187 Å². The summed E-state index contributed by atoms with van der Waals surface area (Å²) in [7, 11) is 0. The van der Waals surface area contributed by atoms with E-state index in [-0.39, 0.29) is 31.4 Å². The van der Waals surface area contributed by atoms with Crippen LogP contribution in [0.1, 0.15) is 49.4 Å². The van der Waals surface area contributed by atoms with Crippen molar-refractivity contribution in [3.8, 4) is 142 Å². The lowest BCUT2D eigenvalue weighted by Gasteiger charge is -2.20. The molecule has 0 nitrogen and oxygen atoms in total. The quantitative estimate of drug-likeness (QED) is 0.250. The maximum atomic E-state index is 4.95. The van der Waals surface area contributed by atoms with Gasteiger partial charge < -0.3 is 0 Å². The van der Waals surface area contributed by atoms with Gasteiger partial charge in [0.15, 0.2) is 0 Å².